The Balaban J connectivity index is 0.00000364. The summed E-state index contributed by atoms with van der Waals surface area (Å²) in [6.45, 7) is 3.22. The number of nitrogens with one attached hydrogen (secondary N) is 1. The van der Waals surface area contributed by atoms with Gasteiger partial charge in [0.05, 0.1) is 26.8 Å². The maximum atomic E-state index is 11.9. The zero-order chi connectivity index (χ0) is 18.9. The van der Waals surface area contributed by atoms with E-state index < -0.39 is 0 Å². The summed E-state index contributed by atoms with van der Waals surface area (Å²) in [7, 11) is 7.15. The van der Waals surface area contributed by atoms with Gasteiger partial charge in [0.25, 0.3) is 0 Å². The molecule has 1 amide bonds. The summed E-state index contributed by atoms with van der Waals surface area (Å²) in [6.07, 6.45) is 1.06. The van der Waals surface area contributed by atoms with Gasteiger partial charge in [-0.05, 0) is 24.1 Å². The van der Waals surface area contributed by atoms with Gasteiger partial charge in [0.15, 0.2) is 5.96 Å². The van der Waals surface area contributed by atoms with E-state index in [1.165, 1.54) is 0 Å². The maximum absolute atomic E-state index is 11.9. The Bertz CT molecular complexity index is 601. The monoisotopic (exact) mass is 490 g/mol. The van der Waals surface area contributed by atoms with E-state index in [1.54, 1.807) is 26.1 Å². The van der Waals surface area contributed by atoms with E-state index >= 15 is 0 Å². The molecule has 8 heteroatoms. The van der Waals surface area contributed by atoms with Crippen LogP contribution < -0.4 is 10.1 Å². The highest BCUT2D eigenvalue weighted by atomic mass is 127. The van der Waals surface area contributed by atoms with Gasteiger partial charge in [0.2, 0.25) is 5.91 Å². The fourth-order valence-corrected chi connectivity index (χ4v) is 2.72. The van der Waals surface area contributed by atoms with Crippen LogP contribution in [-0.2, 0) is 16.1 Å². The second kappa shape index (κ2) is 12.0. The number of rotatable bonds is 7. The Labute approximate surface area is 179 Å². The largest absolute Gasteiger partial charge is 0.497 e. The smallest absolute Gasteiger partial charge is 0.241 e. The summed E-state index contributed by atoms with van der Waals surface area (Å²) in [5.74, 6) is 2.06. The van der Waals surface area contributed by atoms with E-state index in [-0.39, 0.29) is 36.4 Å². The van der Waals surface area contributed by atoms with Gasteiger partial charge in [-0.15, -0.1) is 24.0 Å². The van der Waals surface area contributed by atoms with Crippen molar-refractivity contribution in [3.05, 3.63) is 29.8 Å². The van der Waals surface area contributed by atoms with Crippen molar-refractivity contribution < 1.29 is 14.3 Å². The summed E-state index contributed by atoms with van der Waals surface area (Å²) in [5.41, 5.74) is 1.08. The summed E-state index contributed by atoms with van der Waals surface area (Å²) in [6, 6.07) is 7.84. The van der Waals surface area contributed by atoms with Gasteiger partial charge in [0, 0.05) is 40.2 Å². The van der Waals surface area contributed by atoms with E-state index in [4.69, 9.17) is 14.5 Å². The molecular weight excluding hydrogens is 459 g/mol. The number of carbonyl (C=O) groups excluding carboxylic acids is 1. The number of aliphatic imine (C=N–C) groups is 1. The first-order valence-electron chi connectivity index (χ1n) is 8.90. The second-order valence-corrected chi connectivity index (χ2v) is 6.74. The Kier molecular flexibility index (Phi) is 10.5. The van der Waals surface area contributed by atoms with Gasteiger partial charge >= 0.3 is 0 Å². The zero-order valence-corrected chi connectivity index (χ0v) is 18.9. The molecule has 1 heterocycles. The third-order valence-corrected chi connectivity index (χ3v) is 4.38. The molecule has 0 aliphatic carbocycles. The van der Waals surface area contributed by atoms with E-state index in [1.807, 2.05) is 31.3 Å². The van der Waals surface area contributed by atoms with Crippen LogP contribution >= 0.6 is 24.0 Å². The van der Waals surface area contributed by atoms with E-state index in [9.17, 15) is 4.79 Å². The Morgan fingerprint density at radius 1 is 1.30 bits per heavy atom. The molecule has 0 aromatic heterocycles. The van der Waals surface area contributed by atoms with Crippen molar-refractivity contribution in [2.24, 2.45) is 10.9 Å². The molecule has 1 aromatic rings. The molecule has 1 saturated heterocycles. The topological polar surface area (TPSA) is 66.4 Å². The third kappa shape index (κ3) is 7.92. The predicted octanol–water partition coefficient (Wildman–Crippen LogP) is 1.82. The lowest BCUT2D eigenvalue weighted by Crippen LogP contribution is -2.45. The number of ether oxygens (including phenoxy) is 2. The Morgan fingerprint density at radius 2 is 2.00 bits per heavy atom. The molecule has 1 aliphatic rings. The lowest BCUT2D eigenvalue weighted by Gasteiger charge is -2.25. The van der Waals surface area contributed by atoms with Crippen molar-refractivity contribution in [1.29, 1.82) is 0 Å². The fraction of sp³-hybridized carbons (Fsp3) is 0.579. The number of guanidine groups is 1. The van der Waals surface area contributed by atoms with Crippen LogP contribution in [0.25, 0.3) is 0 Å². The number of likely N-dealkylation sites (N-methyl/N-ethyl adjacent to an activating group) is 1. The highest BCUT2D eigenvalue weighted by molar-refractivity contribution is 14.0. The number of halogens is 1. The van der Waals surface area contributed by atoms with Crippen molar-refractivity contribution in [2.75, 3.05) is 54.6 Å². The van der Waals surface area contributed by atoms with Crippen molar-refractivity contribution in [3.8, 4) is 5.75 Å². The molecule has 0 saturated carbocycles. The highest BCUT2D eigenvalue weighted by Gasteiger charge is 2.19. The molecule has 0 bridgehead atoms. The molecule has 1 fully saturated rings. The van der Waals surface area contributed by atoms with Crippen LogP contribution in [0.3, 0.4) is 0 Å². The molecule has 1 aromatic carbocycles. The highest BCUT2D eigenvalue weighted by Crippen LogP contribution is 2.14. The normalized spacial score (nSPS) is 16.4. The number of nitrogens with zero attached hydrogens (tertiary/aromatic N) is 3. The number of hydrogen-bond donors (Lipinski definition) is 1. The molecule has 0 spiro atoms. The molecule has 1 unspecified atom stereocenters. The van der Waals surface area contributed by atoms with Gasteiger partial charge in [-0.1, -0.05) is 12.1 Å². The molecule has 1 N–H and O–H groups in total. The Hall–Kier alpha value is -1.55. The third-order valence-electron chi connectivity index (χ3n) is 4.38. The quantitative estimate of drug-likeness (QED) is 0.359. The summed E-state index contributed by atoms with van der Waals surface area (Å²) >= 11 is 0. The summed E-state index contributed by atoms with van der Waals surface area (Å²) in [5, 5.41) is 3.19. The molecule has 27 heavy (non-hydrogen) atoms. The summed E-state index contributed by atoms with van der Waals surface area (Å²) in [4.78, 5) is 20.3. The van der Waals surface area contributed by atoms with Crippen LogP contribution in [0.15, 0.2) is 29.3 Å². The van der Waals surface area contributed by atoms with Gasteiger partial charge in [-0.2, -0.15) is 0 Å². The first kappa shape index (κ1) is 23.5. The predicted molar refractivity (Wildman–Crippen MR) is 118 cm³/mol. The fourth-order valence-electron chi connectivity index (χ4n) is 2.72. The zero-order valence-electron chi connectivity index (χ0n) is 16.6. The standard InChI is InChI=1S/C19H30N4O3.HI/c1-22(2)18(24)12-21-19(23(3)13-16-9-10-26-14-16)20-11-15-5-7-17(25-4)8-6-15;/h5-8,16H,9-14H2,1-4H3,(H,20,21);1H. The first-order chi connectivity index (χ1) is 12.5. The Morgan fingerprint density at radius 3 is 2.56 bits per heavy atom. The lowest BCUT2D eigenvalue weighted by molar-refractivity contribution is -0.127. The molecule has 7 nitrogen and oxygen atoms in total. The molecule has 1 aliphatic heterocycles. The van der Waals surface area contributed by atoms with Crippen LogP contribution in [0.4, 0.5) is 0 Å². The van der Waals surface area contributed by atoms with Crippen molar-refractivity contribution in [3.63, 3.8) is 0 Å². The van der Waals surface area contributed by atoms with E-state index in [2.05, 4.69) is 10.2 Å². The van der Waals surface area contributed by atoms with Crippen molar-refractivity contribution in [1.82, 2.24) is 15.1 Å². The van der Waals surface area contributed by atoms with Crippen LogP contribution in [-0.4, -0.2) is 76.2 Å². The molecule has 2 rings (SSSR count). The SMILES string of the molecule is COc1ccc(CN=C(NCC(=O)N(C)C)N(C)CC2CCOC2)cc1.I. The van der Waals surface area contributed by atoms with Crippen LogP contribution in [0.1, 0.15) is 12.0 Å². The van der Waals surface area contributed by atoms with E-state index in [0.29, 0.717) is 12.5 Å². The molecule has 152 valence electrons. The molecule has 1 atom stereocenters. The minimum Gasteiger partial charge on any atom is -0.497 e. The minimum absolute atomic E-state index is 0. The van der Waals surface area contributed by atoms with Crippen LogP contribution in [0.5, 0.6) is 5.75 Å². The summed E-state index contributed by atoms with van der Waals surface area (Å²) < 4.78 is 10.6. The van der Waals surface area contributed by atoms with Crippen LogP contribution in [0.2, 0.25) is 0 Å². The number of amides is 1. The minimum atomic E-state index is 0. The second-order valence-electron chi connectivity index (χ2n) is 6.74. The van der Waals surface area contributed by atoms with Gasteiger partial charge in [-0.3, -0.25) is 4.79 Å². The van der Waals surface area contributed by atoms with E-state index in [0.717, 1.165) is 43.5 Å². The molecule has 0 radical (unpaired) electrons. The lowest BCUT2D eigenvalue weighted by atomic mass is 10.1. The average Bonchev–Trinajstić information content (AvgIpc) is 3.14. The van der Waals surface area contributed by atoms with Gasteiger partial charge in [-0.25, -0.2) is 4.99 Å². The maximum Gasteiger partial charge on any atom is 0.241 e. The number of carbonyl (C=O) groups is 1. The van der Waals surface area contributed by atoms with Gasteiger partial charge < -0.3 is 24.6 Å². The van der Waals surface area contributed by atoms with Crippen molar-refractivity contribution in [2.45, 2.75) is 13.0 Å². The van der Waals surface area contributed by atoms with Gasteiger partial charge in [0.1, 0.15) is 5.75 Å². The number of hydrogen-bond acceptors (Lipinski definition) is 4. The molecular formula is C19H31IN4O3. The average molecular weight is 490 g/mol. The van der Waals surface area contributed by atoms with Crippen molar-refractivity contribution >= 4 is 35.8 Å². The van der Waals surface area contributed by atoms with Crippen LogP contribution in [0, 0.1) is 5.92 Å². The first-order valence-corrected chi connectivity index (χ1v) is 8.90. The number of methoxy groups -OCH3 is 1. The number of benzene rings is 1.